The number of fused-ring (bicyclic) bond motifs is 1. The van der Waals surface area contributed by atoms with Crippen LogP contribution in [0.15, 0.2) is 49.2 Å². The Balaban J connectivity index is 1.87. The van der Waals surface area contributed by atoms with E-state index in [-0.39, 0.29) is 17.6 Å². The second-order valence-electron chi connectivity index (χ2n) is 8.69. The van der Waals surface area contributed by atoms with Gasteiger partial charge in [-0.1, -0.05) is 58.0 Å². The van der Waals surface area contributed by atoms with E-state index in [1.165, 1.54) is 11.1 Å². The molecule has 0 aliphatic heterocycles. The lowest BCUT2D eigenvalue weighted by molar-refractivity contribution is 0.207. The Morgan fingerprint density at radius 1 is 1.18 bits per heavy atom. The van der Waals surface area contributed by atoms with Gasteiger partial charge in [0, 0.05) is 20.4 Å². The monoisotopic (exact) mass is 589 g/mol. The number of hydrogen-bond donors (Lipinski definition) is 0. The third kappa shape index (κ3) is 5.38. The summed E-state index contributed by atoms with van der Waals surface area (Å²) in [5.41, 5.74) is 1.25. The van der Waals surface area contributed by atoms with Crippen LogP contribution in [0.1, 0.15) is 69.7 Å². The number of ether oxygens (including phenoxy) is 2. The molecule has 0 N–H and O–H groups in total. The van der Waals surface area contributed by atoms with E-state index < -0.39 is 0 Å². The number of aromatic nitrogens is 2. The lowest BCUT2D eigenvalue weighted by Crippen LogP contribution is -2.25. The fourth-order valence-electron chi connectivity index (χ4n) is 4.27. The Morgan fingerprint density at radius 3 is 2.65 bits per heavy atom. The summed E-state index contributed by atoms with van der Waals surface area (Å²) in [6.45, 7) is 4.08. The van der Waals surface area contributed by atoms with E-state index in [1.807, 2.05) is 31.2 Å². The van der Waals surface area contributed by atoms with Crippen molar-refractivity contribution in [2.45, 2.75) is 64.4 Å². The highest BCUT2D eigenvalue weighted by Crippen LogP contribution is 2.36. The molecule has 1 saturated carbocycles. The largest absolute Gasteiger partial charge is 0.493 e. The van der Waals surface area contributed by atoms with Gasteiger partial charge in [-0.2, -0.15) is 9.78 Å². The van der Waals surface area contributed by atoms with Crippen LogP contribution in [0, 0.1) is 0 Å². The van der Waals surface area contributed by atoms with Gasteiger partial charge < -0.3 is 9.47 Å². The predicted octanol–water partition coefficient (Wildman–Crippen LogP) is 7.04. The summed E-state index contributed by atoms with van der Waals surface area (Å²) >= 11 is 7.02. The predicted molar refractivity (Wildman–Crippen MR) is 144 cm³/mol. The van der Waals surface area contributed by atoms with Crippen LogP contribution in [-0.2, 0) is 0 Å². The number of halogens is 2. The van der Waals surface area contributed by atoms with Crippen LogP contribution in [0.4, 0.5) is 0 Å². The standard InChI is InChI=1S/C26H29Br2N3O3/c1-4-16(2)34-24-18(12-20(28)14-23(24)33-3)15-29-31-25(17-8-6-5-7-9-17)30-22-11-10-19(27)13-21(22)26(31)32/h10-17H,4-9H2,1-3H3/t16-/m0/s1. The summed E-state index contributed by atoms with van der Waals surface area (Å²) in [6, 6.07) is 9.39. The van der Waals surface area contributed by atoms with Crippen LogP contribution in [0.3, 0.4) is 0 Å². The summed E-state index contributed by atoms with van der Waals surface area (Å²) in [7, 11) is 1.61. The van der Waals surface area contributed by atoms with Crippen molar-refractivity contribution in [3.05, 3.63) is 61.0 Å². The van der Waals surface area contributed by atoms with E-state index in [9.17, 15) is 4.79 Å². The number of hydrogen-bond acceptors (Lipinski definition) is 5. The van der Waals surface area contributed by atoms with Crippen molar-refractivity contribution in [2.24, 2.45) is 5.10 Å². The summed E-state index contributed by atoms with van der Waals surface area (Å²) in [5, 5.41) is 5.22. The fourth-order valence-corrected chi connectivity index (χ4v) is 5.09. The normalized spacial score (nSPS) is 15.7. The van der Waals surface area contributed by atoms with Crippen LogP contribution in [-0.4, -0.2) is 29.1 Å². The van der Waals surface area contributed by atoms with Crippen molar-refractivity contribution in [1.29, 1.82) is 0 Å². The molecular weight excluding hydrogens is 562 g/mol. The third-order valence-corrected chi connectivity index (χ3v) is 7.23. The summed E-state index contributed by atoms with van der Waals surface area (Å²) in [4.78, 5) is 18.5. The minimum atomic E-state index is -0.172. The maximum absolute atomic E-state index is 13.6. The van der Waals surface area contributed by atoms with Gasteiger partial charge in [0.05, 0.1) is 30.3 Å². The fraction of sp³-hybridized carbons (Fsp3) is 0.423. The van der Waals surface area contributed by atoms with E-state index in [2.05, 4.69) is 43.9 Å². The van der Waals surface area contributed by atoms with Crippen LogP contribution in [0.5, 0.6) is 11.5 Å². The molecule has 0 saturated heterocycles. The van der Waals surface area contributed by atoms with Gasteiger partial charge in [0.2, 0.25) is 0 Å². The summed E-state index contributed by atoms with van der Waals surface area (Å²) in [6.07, 6.45) is 8.04. The lowest BCUT2D eigenvalue weighted by atomic mass is 9.88. The average molecular weight is 591 g/mol. The number of benzene rings is 2. The Bertz CT molecular complexity index is 1270. The molecule has 0 unspecified atom stereocenters. The highest BCUT2D eigenvalue weighted by molar-refractivity contribution is 9.10. The molecule has 1 aliphatic rings. The van der Waals surface area contributed by atoms with Crippen LogP contribution < -0.4 is 15.0 Å². The SMILES string of the molecule is CC[C@H](C)Oc1c(C=Nn2c(C3CCCCC3)nc3ccc(Br)cc3c2=O)cc(Br)cc1OC. The van der Waals surface area contributed by atoms with Crippen molar-refractivity contribution in [3.8, 4) is 11.5 Å². The molecule has 34 heavy (non-hydrogen) atoms. The molecule has 1 heterocycles. The molecule has 8 heteroatoms. The second-order valence-corrected chi connectivity index (χ2v) is 10.5. The van der Waals surface area contributed by atoms with Gasteiger partial charge in [-0.3, -0.25) is 4.79 Å². The zero-order valence-corrected chi connectivity index (χ0v) is 22.9. The molecule has 1 atom stereocenters. The molecule has 2 aromatic carbocycles. The van der Waals surface area contributed by atoms with Gasteiger partial charge in [0.25, 0.3) is 5.56 Å². The quantitative estimate of drug-likeness (QED) is 0.277. The van der Waals surface area contributed by atoms with Gasteiger partial charge in [-0.05, 0) is 56.5 Å². The molecule has 0 amide bonds. The molecule has 0 bridgehead atoms. The molecule has 3 aromatic rings. The Kier molecular flexibility index (Phi) is 8.09. The molecule has 1 aliphatic carbocycles. The molecular formula is C26H29Br2N3O3. The zero-order valence-electron chi connectivity index (χ0n) is 19.7. The van der Waals surface area contributed by atoms with E-state index in [4.69, 9.17) is 14.5 Å². The minimum Gasteiger partial charge on any atom is -0.493 e. The first kappa shape index (κ1) is 24.9. The first-order valence-electron chi connectivity index (χ1n) is 11.7. The second kappa shape index (κ2) is 11.0. The van der Waals surface area contributed by atoms with Crippen molar-refractivity contribution in [3.63, 3.8) is 0 Å². The minimum absolute atomic E-state index is 0.00225. The maximum atomic E-state index is 13.6. The molecule has 1 aromatic heterocycles. The first-order chi connectivity index (χ1) is 16.4. The molecule has 0 spiro atoms. The number of methoxy groups -OCH3 is 1. The van der Waals surface area contributed by atoms with E-state index in [0.29, 0.717) is 22.4 Å². The zero-order chi connectivity index (χ0) is 24.2. The van der Waals surface area contributed by atoms with Crippen molar-refractivity contribution in [2.75, 3.05) is 7.11 Å². The van der Waals surface area contributed by atoms with Crippen LogP contribution in [0.25, 0.3) is 10.9 Å². The summed E-state index contributed by atoms with van der Waals surface area (Å²) in [5.74, 6) is 2.14. The van der Waals surface area contributed by atoms with Gasteiger partial charge in [-0.15, -0.1) is 0 Å². The maximum Gasteiger partial charge on any atom is 0.282 e. The highest BCUT2D eigenvalue weighted by atomic mass is 79.9. The van der Waals surface area contributed by atoms with Crippen LogP contribution in [0.2, 0.25) is 0 Å². The van der Waals surface area contributed by atoms with Crippen molar-refractivity contribution >= 4 is 49.0 Å². The highest BCUT2D eigenvalue weighted by Gasteiger charge is 2.23. The Hall–Kier alpha value is -2.19. The Labute approximate surface area is 216 Å². The number of rotatable bonds is 7. The van der Waals surface area contributed by atoms with Crippen molar-refractivity contribution < 1.29 is 9.47 Å². The van der Waals surface area contributed by atoms with Gasteiger partial charge in [0.1, 0.15) is 5.82 Å². The Morgan fingerprint density at radius 2 is 1.94 bits per heavy atom. The van der Waals surface area contributed by atoms with Gasteiger partial charge in [0.15, 0.2) is 11.5 Å². The van der Waals surface area contributed by atoms with E-state index in [1.54, 1.807) is 19.4 Å². The molecule has 6 nitrogen and oxygen atoms in total. The molecule has 1 fully saturated rings. The topological polar surface area (TPSA) is 65.7 Å². The van der Waals surface area contributed by atoms with E-state index >= 15 is 0 Å². The molecule has 4 rings (SSSR count). The summed E-state index contributed by atoms with van der Waals surface area (Å²) < 4.78 is 14.9. The first-order valence-corrected chi connectivity index (χ1v) is 13.3. The van der Waals surface area contributed by atoms with Gasteiger partial charge >= 0.3 is 0 Å². The van der Waals surface area contributed by atoms with E-state index in [0.717, 1.165) is 52.4 Å². The number of nitrogens with zero attached hydrogens (tertiary/aromatic N) is 3. The smallest absolute Gasteiger partial charge is 0.282 e. The molecule has 0 radical (unpaired) electrons. The van der Waals surface area contributed by atoms with Gasteiger partial charge in [-0.25, -0.2) is 4.98 Å². The van der Waals surface area contributed by atoms with Crippen LogP contribution >= 0.6 is 31.9 Å². The third-order valence-electron chi connectivity index (χ3n) is 6.28. The average Bonchev–Trinajstić information content (AvgIpc) is 2.85. The molecule has 180 valence electrons. The van der Waals surface area contributed by atoms with Crippen molar-refractivity contribution in [1.82, 2.24) is 9.66 Å². The lowest BCUT2D eigenvalue weighted by Gasteiger charge is -2.23.